The molecule has 30 heavy (non-hydrogen) atoms. The molecule has 1 aromatic heterocycles. The topological polar surface area (TPSA) is 73.8 Å². The van der Waals surface area contributed by atoms with Gasteiger partial charge in [-0.25, -0.2) is 9.97 Å². The summed E-state index contributed by atoms with van der Waals surface area (Å²) >= 11 is 0. The van der Waals surface area contributed by atoms with Crippen molar-refractivity contribution in [2.24, 2.45) is 0 Å². The van der Waals surface area contributed by atoms with Crippen molar-refractivity contribution in [3.8, 4) is 0 Å². The van der Waals surface area contributed by atoms with Crippen LogP contribution in [-0.4, -0.2) is 90.3 Å². The molecule has 0 unspecified atom stereocenters. The maximum Gasteiger partial charge on any atom is 0.430 e. The monoisotopic (exact) mass is 443 g/mol. The molecule has 0 amide bonds. The number of aliphatic hydroxyl groups is 1. The fourth-order valence-corrected chi connectivity index (χ4v) is 3.64. The first-order valence-electron chi connectivity index (χ1n) is 9.42. The van der Waals surface area contributed by atoms with E-state index in [1.54, 1.807) is 4.90 Å². The van der Waals surface area contributed by atoms with Crippen molar-refractivity contribution >= 4 is 5.95 Å². The molecule has 2 atom stereocenters. The fraction of sp³-hybridized carbons (Fsp3) is 0.765. The van der Waals surface area contributed by atoms with Gasteiger partial charge in [0.05, 0.1) is 19.3 Å². The Balaban J connectivity index is 1.83. The predicted octanol–water partition coefficient (Wildman–Crippen LogP) is 1.29. The van der Waals surface area contributed by atoms with E-state index in [2.05, 4.69) is 20.2 Å². The van der Waals surface area contributed by atoms with Gasteiger partial charge in [-0.2, -0.15) is 26.3 Å². The van der Waals surface area contributed by atoms with Crippen molar-refractivity contribution in [1.29, 1.82) is 0 Å². The van der Waals surface area contributed by atoms with Gasteiger partial charge in [0.15, 0.2) is 0 Å². The molecular formula is C17H23F6N5O2. The first-order chi connectivity index (χ1) is 13.9. The third-order valence-electron chi connectivity index (χ3n) is 5.43. The minimum absolute atomic E-state index is 0.0119. The average Bonchev–Trinajstić information content (AvgIpc) is 2.68. The quantitative estimate of drug-likeness (QED) is 0.680. The van der Waals surface area contributed by atoms with Gasteiger partial charge in [0.2, 0.25) is 5.95 Å². The Morgan fingerprint density at radius 1 is 1.13 bits per heavy atom. The summed E-state index contributed by atoms with van der Waals surface area (Å²) in [5.74, 6) is 0.0119. The van der Waals surface area contributed by atoms with E-state index in [9.17, 15) is 31.4 Å². The number of alkyl halides is 6. The Bertz CT molecular complexity index is 700. The minimum atomic E-state index is -5.97. The highest BCUT2D eigenvalue weighted by Crippen LogP contribution is 2.49. The Labute approximate surface area is 169 Å². The second-order valence-electron chi connectivity index (χ2n) is 7.45. The van der Waals surface area contributed by atoms with Crippen molar-refractivity contribution in [2.45, 2.75) is 37.0 Å². The van der Waals surface area contributed by atoms with Crippen LogP contribution in [0.5, 0.6) is 0 Å². The van der Waals surface area contributed by atoms with Gasteiger partial charge in [-0.05, 0) is 6.92 Å². The lowest BCUT2D eigenvalue weighted by atomic mass is 9.95. The number of nitrogens with one attached hydrogen (secondary N) is 1. The summed E-state index contributed by atoms with van der Waals surface area (Å²) in [6.07, 6.45) is -11.2. The molecule has 2 aliphatic heterocycles. The van der Waals surface area contributed by atoms with Gasteiger partial charge in [0, 0.05) is 56.7 Å². The molecule has 0 aliphatic carbocycles. The van der Waals surface area contributed by atoms with Crippen LogP contribution in [0.25, 0.3) is 0 Å². The van der Waals surface area contributed by atoms with Crippen LogP contribution in [0.15, 0.2) is 12.4 Å². The van der Waals surface area contributed by atoms with Crippen molar-refractivity contribution in [3.63, 3.8) is 0 Å². The summed E-state index contributed by atoms with van der Waals surface area (Å²) in [6.45, 7) is 6.07. The molecule has 7 nitrogen and oxygen atoms in total. The lowest BCUT2D eigenvalue weighted by molar-refractivity contribution is -0.376. The second-order valence-corrected chi connectivity index (χ2v) is 7.45. The number of rotatable bonds is 4. The zero-order valence-electron chi connectivity index (χ0n) is 16.2. The molecule has 1 aromatic rings. The molecule has 13 heteroatoms. The lowest BCUT2D eigenvalue weighted by Crippen LogP contribution is -2.59. The summed E-state index contributed by atoms with van der Waals surface area (Å²) in [4.78, 5) is 11.4. The highest BCUT2D eigenvalue weighted by Gasteiger charge is 2.71. The summed E-state index contributed by atoms with van der Waals surface area (Å²) in [7, 11) is 0. The molecule has 170 valence electrons. The van der Waals surface area contributed by atoms with E-state index in [1.165, 1.54) is 0 Å². The van der Waals surface area contributed by atoms with Crippen LogP contribution in [0.3, 0.4) is 0 Å². The van der Waals surface area contributed by atoms with Gasteiger partial charge in [-0.1, -0.05) is 0 Å². The van der Waals surface area contributed by atoms with Crippen LogP contribution in [0.1, 0.15) is 12.5 Å². The number of nitrogens with zero attached hydrogens (tertiary/aromatic N) is 4. The number of piperazine rings is 1. The third kappa shape index (κ3) is 4.34. The number of aromatic nitrogens is 2. The van der Waals surface area contributed by atoms with E-state index in [-0.39, 0.29) is 18.0 Å². The fourth-order valence-electron chi connectivity index (χ4n) is 3.64. The van der Waals surface area contributed by atoms with Crippen molar-refractivity contribution in [1.82, 2.24) is 20.2 Å². The highest BCUT2D eigenvalue weighted by molar-refractivity contribution is 5.35. The molecule has 0 aromatic carbocycles. The van der Waals surface area contributed by atoms with Crippen molar-refractivity contribution < 1.29 is 36.2 Å². The zero-order valence-corrected chi connectivity index (χ0v) is 16.2. The lowest BCUT2D eigenvalue weighted by Gasteiger charge is -2.42. The molecule has 0 spiro atoms. The number of anilines is 1. The van der Waals surface area contributed by atoms with Gasteiger partial charge in [-0.3, -0.25) is 4.90 Å². The molecule has 2 fully saturated rings. The number of halogens is 6. The third-order valence-corrected chi connectivity index (χ3v) is 5.43. The minimum Gasteiger partial charge on any atom is -0.379 e. The highest BCUT2D eigenvalue weighted by atomic mass is 19.4. The van der Waals surface area contributed by atoms with Crippen LogP contribution in [0.2, 0.25) is 0 Å². The van der Waals surface area contributed by atoms with E-state index in [0.29, 0.717) is 51.8 Å². The van der Waals surface area contributed by atoms with Gasteiger partial charge < -0.3 is 20.1 Å². The number of ether oxygens (including phenoxy) is 1. The van der Waals surface area contributed by atoms with Crippen LogP contribution < -0.4 is 10.2 Å². The Hall–Kier alpha value is -1.70. The first kappa shape index (κ1) is 23.0. The van der Waals surface area contributed by atoms with E-state index in [4.69, 9.17) is 4.74 Å². The van der Waals surface area contributed by atoms with Gasteiger partial charge in [0.1, 0.15) is 0 Å². The van der Waals surface area contributed by atoms with E-state index < -0.39 is 23.5 Å². The van der Waals surface area contributed by atoms with Gasteiger partial charge in [-0.15, -0.1) is 0 Å². The van der Waals surface area contributed by atoms with E-state index >= 15 is 0 Å². The summed E-state index contributed by atoms with van der Waals surface area (Å²) in [5.41, 5.74) is -6.51. The molecule has 3 heterocycles. The average molecular weight is 443 g/mol. The molecule has 2 saturated heterocycles. The van der Waals surface area contributed by atoms with Crippen LogP contribution >= 0.6 is 0 Å². The predicted molar refractivity (Wildman–Crippen MR) is 93.9 cm³/mol. The molecule has 3 rings (SSSR count). The molecule has 2 aliphatic rings. The number of hydrogen-bond donors (Lipinski definition) is 2. The van der Waals surface area contributed by atoms with E-state index in [0.717, 1.165) is 6.54 Å². The summed E-state index contributed by atoms with van der Waals surface area (Å²) in [6, 6.07) is 0.0497. The molecule has 2 N–H and O–H groups in total. The Morgan fingerprint density at radius 3 is 2.33 bits per heavy atom. The van der Waals surface area contributed by atoms with Gasteiger partial charge >= 0.3 is 12.4 Å². The maximum atomic E-state index is 13.0. The van der Waals surface area contributed by atoms with Crippen molar-refractivity contribution in [2.75, 3.05) is 50.8 Å². The largest absolute Gasteiger partial charge is 0.430 e. The standard InChI is InChI=1S/C17H23F6N5O2/c1-11-10-30-5-4-27(11)9-13-8-24-2-3-28(13)14-25-6-12(7-26-14)15(29,16(18,19)20)17(21,22)23/h6-7,11,13,24,29H,2-5,8-10H2,1H3/t11-,13+/m0/s1. The Morgan fingerprint density at radius 2 is 1.77 bits per heavy atom. The molecule has 0 radical (unpaired) electrons. The van der Waals surface area contributed by atoms with Crippen LogP contribution in [0.4, 0.5) is 32.3 Å². The normalized spacial score (nSPS) is 24.9. The number of morpholine rings is 1. The SMILES string of the molecule is C[C@H]1COCCN1C[C@H]1CNCCN1c1ncc(C(O)(C(F)(F)F)C(F)(F)F)cn1. The van der Waals surface area contributed by atoms with Crippen LogP contribution in [0, 0.1) is 0 Å². The van der Waals surface area contributed by atoms with Gasteiger partial charge in [0.25, 0.3) is 5.60 Å². The molecule has 0 saturated carbocycles. The Kier molecular flexibility index (Phi) is 6.46. The second kappa shape index (κ2) is 8.44. The maximum absolute atomic E-state index is 13.0. The number of hydrogen-bond acceptors (Lipinski definition) is 7. The zero-order chi connectivity index (χ0) is 22.2. The van der Waals surface area contributed by atoms with Crippen LogP contribution in [-0.2, 0) is 10.3 Å². The first-order valence-corrected chi connectivity index (χ1v) is 9.42. The molecular weight excluding hydrogens is 420 g/mol. The summed E-state index contributed by atoms with van der Waals surface area (Å²) in [5, 5.41) is 12.7. The molecule has 0 bridgehead atoms. The summed E-state index contributed by atoms with van der Waals surface area (Å²) < 4.78 is 83.7. The van der Waals surface area contributed by atoms with E-state index in [1.807, 2.05) is 6.92 Å². The van der Waals surface area contributed by atoms with Crippen molar-refractivity contribution in [3.05, 3.63) is 18.0 Å². The smallest absolute Gasteiger partial charge is 0.379 e.